The number of halogens is 1. The summed E-state index contributed by atoms with van der Waals surface area (Å²) in [6.07, 6.45) is 1.37. The van der Waals surface area contributed by atoms with Crippen molar-refractivity contribution in [2.24, 2.45) is 11.1 Å². The summed E-state index contributed by atoms with van der Waals surface area (Å²) in [5.74, 6) is -0.745. The molecule has 0 aliphatic carbocycles. The van der Waals surface area contributed by atoms with Gasteiger partial charge < -0.3 is 25.6 Å². The summed E-state index contributed by atoms with van der Waals surface area (Å²) < 4.78 is 5.87. The fourth-order valence-electron chi connectivity index (χ4n) is 5.52. The lowest BCUT2D eigenvalue weighted by molar-refractivity contribution is -0.147. The molecule has 2 aromatic rings. The first-order chi connectivity index (χ1) is 18.0. The number of nitrogens with one attached hydrogen (secondary N) is 1. The highest BCUT2D eigenvalue weighted by molar-refractivity contribution is 6.30. The largest absolute Gasteiger partial charge is 0.374 e. The van der Waals surface area contributed by atoms with Crippen molar-refractivity contribution in [2.45, 2.75) is 50.8 Å². The van der Waals surface area contributed by atoms with Gasteiger partial charge in [0.15, 0.2) is 0 Å². The maximum atomic E-state index is 13.9. The first-order valence-corrected chi connectivity index (χ1v) is 13.4. The minimum atomic E-state index is -1.16. The molecule has 0 bridgehead atoms. The zero-order valence-corrected chi connectivity index (χ0v) is 23.0. The summed E-state index contributed by atoms with van der Waals surface area (Å²) in [7, 11) is 1.81. The second-order valence-corrected chi connectivity index (χ2v) is 11.5. The molecular weight excluding hydrogens is 504 g/mol. The number of piperidine rings is 1. The van der Waals surface area contributed by atoms with Gasteiger partial charge in [-0.2, -0.15) is 0 Å². The van der Waals surface area contributed by atoms with Crippen LogP contribution in [0.4, 0.5) is 0 Å². The molecule has 2 aromatic carbocycles. The van der Waals surface area contributed by atoms with E-state index >= 15 is 0 Å². The number of nitrogens with zero attached hydrogens (tertiary/aromatic N) is 2. The number of likely N-dealkylation sites (tertiary alicyclic amines) is 2. The topological polar surface area (TPSA) is 105 Å². The Kier molecular flexibility index (Phi) is 8.45. The molecule has 3 atom stereocenters. The molecule has 4 rings (SSSR count). The van der Waals surface area contributed by atoms with E-state index in [1.807, 2.05) is 61.6 Å². The van der Waals surface area contributed by atoms with Crippen molar-refractivity contribution in [2.75, 3.05) is 33.3 Å². The number of hydrogen-bond acceptors (Lipinski definition) is 5. The van der Waals surface area contributed by atoms with Crippen LogP contribution in [0.2, 0.25) is 5.02 Å². The standard InChI is InChI=1S/C29H37ClN4O4/c1-28(2,31)26(36)32-24(18-38-17-20-8-5-4-6-9-20)25(35)34-15-7-14-29(19-34)23(16-33(3)27(29)37)21-10-12-22(30)13-11-21/h4-6,8-13,23-24H,7,14-19,31H2,1-3H3,(H,32,36)/t23?,24?,29-/m0/s1. The molecule has 2 unspecified atom stereocenters. The van der Waals surface area contributed by atoms with E-state index in [4.69, 9.17) is 22.1 Å². The molecule has 9 heteroatoms. The monoisotopic (exact) mass is 540 g/mol. The predicted molar refractivity (Wildman–Crippen MR) is 146 cm³/mol. The van der Waals surface area contributed by atoms with E-state index < -0.39 is 22.9 Å². The van der Waals surface area contributed by atoms with Crippen molar-refractivity contribution < 1.29 is 19.1 Å². The Labute approximate surface area is 229 Å². The number of carbonyl (C=O) groups is 3. The van der Waals surface area contributed by atoms with E-state index in [9.17, 15) is 14.4 Å². The van der Waals surface area contributed by atoms with Gasteiger partial charge in [-0.15, -0.1) is 0 Å². The summed E-state index contributed by atoms with van der Waals surface area (Å²) in [5.41, 5.74) is 6.11. The van der Waals surface area contributed by atoms with Crippen LogP contribution in [-0.4, -0.2) is 72.4 Å². The van der Waals surface area contributed by atoms with E-state index in [1.165, 1.54) is 0 Å². The number of carbonyl (C=O) groups excluding carboxylic acids is 3. The molecule has 204 valence electrons. The van der Waals surface area contributed by atoms with Crippen LogP contribution in [0.15, 0.2) is 54.6 Å². The van der Waals surface area contributed by atoms with Gasteiger partial charge in [0.25, 0.3) is 0 Å². The van der Waals surface area contributed by atoms with Gasteiger partial charge in [-0.25, -0.2) is 0 Å². The van der Waals surface area contributed by atoms with Gasteiger partial charge in [0, 0.05) is 37.6 Å². The van der Waals surface area contributed by atoms with Gasteiger partial charge in [0.2, 0.25) is 17.7 Å². The fourth-order valence-corrected chi connectivity index (χ4v) is 5.65. The van der Waals surface area contributed by atoms with Crippen molar-refractivity contribution in [3.05, 3.63) is 70.7 Å². The van der Waals surface area contributed by atoms with Crippen LogP contribution < -0.4 is 11.1 Å². The predicted octanol–water partition coefficient (Wildman–Crippen LogP) is 2.94. The van der Waals surface area contributed by atoms with Crippen LogP contribution in [0.5, 0.6) is 0 Å². The second kappa shape index (κ2) is 11.4. The molecule has 0 aromatic heterocycles. The van der Waals surface area contributed by atoms with E-state index in [-0.39, 0.29) is 30.9 Å². The molecule has 38 heavy (non-hydrogen) atoms. The summed E-state index contributed by atoms with van der Waals surface area (Å²) in [6.45, 7) is 4.83. The lowest BCUT2D eigenvalue weighted by atomic mass is 9.69. The maximum Gasteiger partial charge on any atom is 0.247 e. The Balaban J connectivity index is 1.55. The van der Waals surface area contributed by atoms with Gasteiger partial charge >= 0.3 is 0 Å². The van der Waals surface area contributed by atoms with Crippen LogP contribution in [0, 0.1) is 5.41 Å². The van der Waals surface area contributed by atoms with Gasteiger partial charge in [-0.05, 0) is 49.9 Å². The van der Waals surface area contributed by atoms with Gasteiger partial charge in [-0.1, -0.05) is 54.1 Å². The van der Waals surface area contributed by atoms with E-state index in [0.29, 0.717) is 37.6 Å². The highest BCUT2D eigenvalue weighted by Crippen LogP contribution is 2.49. The number of hydrogen-bond donors (Lipinski definition) is 2. The number of amides is 3. The molecule has 1 spiro atoms. The van der Waals surface area contributed by atoms with Crippen LogP contribution in [0.1, 0.15) is 43.7 Å². The van der Waals surface area contributed by atoms with E-state index in [0.717, 1.165) is 11.1 Å². The summed E-state index contributed by atoms with van der Waals surface area (Å²) >= 11 is 6.12. The van der Waals surface area contributed by atoms with Crippen LogP contribution in [0.3, 0.4) is 0 Å². The Morgan fingerprint density at radius 2 is 1.87 bits per heavy atom. The number of likely N-dealkylation sites (N-methyl/N-ethyl adjacent to an activating group) is 1. The summed E-state index contributed by atoms with van der Waals surface area (Å²) in [5, 5.41) is 3.44. The smallest absolute Gasteiger partial charge is 0.247 e. The Morgan fingerprint density at radius 3 is 2.53 bits per heavy atom. The molecule has 2 saturated heterocycles. The van der Waals surface area contributed by atoms with Crippen LogP contribution >= 0.6 is 11.6 Å². The molecule has 3 amide bonds. The second-order valence-electron chi connectivity index (χ2n) is 11.1. The zero-order chi connectivity index (χ0) is 27.5. The molecule has 0 saturated carbocycles. The molecule has 2 aliphatic heterocycles. The third-order valence-corrected chi connectivity index (χ3v) is 7.84. The van der Waals surface area contributed by atoms with Crippen LogP contribution in [0.25, 0.3) is 0 Å². The van der Waals surface area contributed by atoms with E-state index in [2.05, 4.69) is 5.32 Å². The highest BCUT2D eigenvalue weighted by Gasteiger charge is 2.55. The zero-order valence-electron chi connectivity index (χ0n) is 22.3. The van der Waals surface area contributed by atoms with E-state index in [1.54, 1.807) is 23.6 Å². The van der Waals surface area contributed by atoms with Gasteiger partial charge in [-0.3, -0.25) is 14.4 Å². The molecule has 0 radical (unpaired) electrons. The SMILES string of the molecule is CN1CC(c2ccc(Cl)cc2)[C@@]2(CCCN(C(=O)C(COCc3ccccc3)NC(=O)C(C)(C)N)C2)C1=O. The Morgan fingerprint density at radius 1 is 1.18 bits per heavy atom. The van der Waals surface area contributed by atoms with Crippen molar-refractivity contribution in [3.8, 4) is 0 Å². The van der Waals surface area contributed by atoms with Gasteiger partial charge in [0.05, 0.1) is 24.2 Å². The highest BCUT2D eigenvalue weighted by atomic mass is 35.5. The molecule has 8 nitrogen and oxygen atoms in total. The molecular formula is C29H37ClN4O4. The minimum Gasteiger partial charge on any atom is -0.374 e. The van der Waals surface area contributed by atoms with Crippen molar-refractivity contribution in [1.29, 1.82) is 0 Å². The fraction of sp³-hybridized carbons (Fsp3) is 0.483. The molecule has 2 aliphatic rings. The third-order valence-electron chi connectivity index (χ3n) is 7.59. The molecule has 2 fully saturated rings. The first-order valence-electron chi connectivity index (χ1n) is 13.0. The average molecular weight is 541 g/mol. The minimum absolute atomic E-state index is 0.00644. The number of ether oxygens (including phenoxy) is 1. The molecule has 3 N–H and O–H groups in total. The maximum absolute atomic E-state index is 13.9. The number of rotatable bonds is 8. The number of nitrogens with two attached hydrogens (primary N) is 1. The summed E-state index contributed by atoms with van der Waals surface area (Å²) in [6, 6.07) is 16.3. The van der Waals surface area contributed by atoms with Crippen LogP contribution in [-0.2, 0) is 25.7 Å². The Hall–Kier alpha value is -2.94. The lowest BCUT2D eigenvalue weighted by Gasteiger charge is -2.43. The van der Waals surface area contributed by atoms with Gasteiger partial charge in [0.1, 0.15) is 6.04 Å². The van der Waals surface area contributed by atoms with Crippen molar-refractivity contribution in [3.63, 3.8) is 0 Å². The van der Waals surface area contributed by atoms with Crippen molar-refractivity contribution in [1.82, 2.24) is 15.1 Å². The summed E-state index contributed by atoms with van der Waals surface area (Å²) in [4.78, 5) is 43.7. The van der Waals surface area contributed by atoms with Crippen molar-refractivity contribution >= 4 is 29.3 Å². The first kappa shape index (κ1) is 28.1. The quantitative estimate of drug-likeness (QED) is 0.535. The number of benzene rings is 2. The Bertz CT molecular complexity index is 1150. The lowest BCUT2D eigenvalue weighted by Crippen LogP contribution is -2.60. The molecule has 2 heterocycles. The third kappa shape index (κ3) is 6.03. The average Bonchev–Trinajstić information content (AvgIpc) is 3.12. The normalized spacial score (nSPS) is 22.6.